The first-order valence-corrected chi connectivity index (χ1v) is 6.36. The third-order valence-electron chi connectivity index (χ3n) is 2.42. The zero-order valence-electron chi connectivity index (χ0n) is 11.4. The number of amides is 2. The summed E-state index contributed by atoms with van der Waals surface area (Å²) in [6, 6.07) is 7.01. The van der Waals surface area contributed by atoms with Gasteiger partial charge in [-0.25, -0.2) is 0 Å². The highest BCUT2D eigenvalue weighted by Gasteiger charge is 2.08. The average Bonchev–Trinajstić information content (AvgIpc) is 2.44. The molecule has 0 aromatic heterocycles. The standard InChI is InChI=1S/C15H18N2O3/c1-12(19)16-9-10-17-15(20)14-8-3-2-6-13(14)7-4-5-11-18/h2-3,6,8,18H,5,9-11H2,1H3,(H,16,19)(H,17,20). The molecular weight excluding hydrogens is 256 g/mol. The second-order valence-corrected chi connectivity index (χ2v) is 4.06. The van der Waals surface area contributed by atoms with Gasteiger partial charge in [0.05, 0.1) is 12.2 Å². The van der Waals surface area contributed by atoms with Crippen molar-refractivity contribution in [1.82, 2.24) is 10.6 Å². The molecule has 0 radical (unpaired) electrons. The monoisotopic (exact) mass is 274 g/mol. The van der Waals surface area contributed by atoms with Crippen LogP contribution in [-0.4, -0.2) is 36.6 Å². The summed E-state index contributed by atoms with van der Waals surface area (Å²) in [5, 5.41) is 14.0. The van der Waals surface area contributed by atoms with Gasteiger partial charge in [0.25, 0.3) is 5.91 Å². The zero-order chi connectivity index (χ0) is 14.8. The van der Waals surface area contributed by atoms with Gasteiger partial charge in [-0.3, -0.25) is 9.59 Å². The predicted octanol–water partition coefficient (Wildman–Crippen LogP) is 0.286. The molecular formula is C15H18N2O3. The molecule has 1 rings (SSSR count). The van der Waals surface area contributed by atoms with Crippen molar-refractivity contribution in [2.24, 2.45) is 0 Å². The number of hydrogen-bond donors (Lipinski definition) is 3. The van der Waals surface area contributed by atoms with Gasteiger partial charge in [0, 0.05) is 32.0 Å². The topological polar surface area (TPSA) is 78.4 Å². The van der Waals surface area contributed by atoms with Crippen LogP contribution in [0, 0.1) is 11.8 Å². The largest absolute Gasteiger partial charge is 0.395 e. The van der Waals surface area contributed by atoms with Gasteiger partial charge in [0.2, 0.25) is 5.91 Å². The molecule has 0 saturated heterocycles. The molecule has 0 bridgehead atoms. The van der Waals surface area contributed by atoms with Crippen LogP contribution in [0.5, 0.6) is 0 Å². The van der Waals surface area contributed by atoms with E-state index in [1.807, 2.05) is 0 Å². The summed E-state index contributed by atoms with van der Waals surface area (Å²) in [5.74, 6) is 5.29. The van der Waals surface area contributed by atoms with E-state index in [2.05, 4.69) is 22.5 Å². The fourth-order valence-corrected chi connectivity index (χ4v) is 1.51. The summed E-state index contributed by atoms with van der Waals surface area (Å²) in [4.78, 5) is 22.7. The Labute approximate surface area is 118 Å². The number of carbonyl (C=O) groups excluding carboxylic acids is 2. The molecule has 0 atom stereocenters. The molecule has 0 heterocycles. The number of carbonyl (C=O) groups is 2. The van der Waals surface area contributed by atoms with E-state index in [4.69, 9.17) is 5.11 Å². The number of benzene rings is 1. The van der Waals surface area contributed by atoms with Crippen molar-refractivity contribution in [3.05, 3.63) is 35.4 Å². The lowest BCUT2D eigenvalue weighted by molar-refractivity contribution is -0.118. The van der Waals surface area contributed by atoms with Gasteiger partial charge < -0.3 is 15.7 Å². The fourth-order valence-electron chi connectivity index (χ4n) is 1.51. The predicted molar refractivity (Wildman–Crippen MR) is 76.0 cm³/mol. The molecule has 3 N–H and O–H groups in total. The van der Waals surface area contributed by atoms with Crippen molar-refractivity contribution < 1.29 is 14.7 Å². The first kappa shape index (κ1) is 15.7. The number of nitrogens with one attached hydrogen (secondary N) is 2. The lowest BCUT2D eigenvalue weighted by atomic mass is 10.1. The number of aliphatic hydroxyl groups is 1. The van der Waals surface area contributed by atoms with Crippen LogP contribution in [0.4, 0.5) is 0 Å². The summed E-state index contributed by atoms with van der Waals surface area (Å²) in [7, 11) is 0. The molecule has 20 heavy (non-hydrogen) atoms. The summed E-state index contributed by atoms with van der Waals surface area (Å²) in [6.07, 6.45) is 0.373. The van der Waals surface area contributed by atoms with E-state index in [9.17, 15) is 9.59 Å². The van der Waals surface area contributed by atoms with E-state index in [-0.39, 0.29) is 18.4 Å². The van der Waals surface area contributed by atoms with E-state index in [0.29, 0.717) is 30.6 Å². The smallest absolute Gasteiger partial charge is 0.252 e. The van der Waals surface area contributed by atoms with Crippen LogP contribution in [0.1, 0.15) is 29.3 Å². The van der Waals surface area contributed by atoms with Crippen molar-refractivity contribution in [3.63, 3.8) is 0 Å². The van der Waals surface area contributed by atoms with Gasteiger partial charge in [-0.2, -0.15) is 0 Å². The summed E-state index contributed by atoms with van der Waals surface area (Å²) >= 11 is 0. The molecule has 2 amide bonds. The van der Waals surface area contributed by atoms with Crippen LogP contribution in [-0.2, 0) is 4.79 Å². The number of aliphatic hydroxyl groups excluding tert-OH is 1. The molecule has 5 nitrogen and oxygen atoms in total. The maximum atomic E-state index is 12.0. The lowest BCUT2D eigenvalue weighted by Gasteiger charge is -2.07. The van der Waals surface area contributed by atoms with Crippen LogP contribution < -0.4 is 10.6 Å². The molecule has 1 aromatic rings. The third kappa shape index (κ3) is 5.55. The number of rotatable bonds is 5. The third-order valence-corrected chi connectivity index (χ3v) is 2.42. The molecule has 0 spiro atoms. The van der Waals surface area contributed by atoms with Gasteiger partial charge >= 0.3 is 0 Å². The Morgan fingerprint density at radius 3 is 2.60 bits per heavy atom. The molecule has 0 fully saturated rings. The fraction of sp³-hybridized carbons (Fsp3) is 0.333. The summed E-state index contributed by atoms with van der Waals surface area (Å²) < 4.78 is 0. The number of hydrogen-bond acceptors (Lipinski definition) is 3. The molecule has 0 aliphatic heterocycles. The highest BCUT2D eigenvalue weighted by atomic mass is 16.2. The van der Waals surface area contributed by atoms with E-state index in [1.165, 1.54) is 6.92 Å². The van der Waals surface area contributed by atoms with Gasteiger partial charge in [0.1, 0.15) is 0 Å². The average molecular weight is 274 g/mol. The van der Waals surface area contributed by atoms with Crippen molar-refractivity contribution >= 4 is 11.8 Å². The van der Waals surface area contributed by atoms with Crippen molar-refractivity contribution in [2.45, 2.75) is 13.3 Å². The van der Waals surface area contributed by atoms with Crippen molar-refractivity contribution in [1.29, 1.82) is 0 Å². The van der Waals surface area contributed by atoms with E-state index in [1.54, 1.807) is 24.3 Å². The molecule has 1 aromatic carbocycles. The van der Waals surface area contributed by atoms with Gasteiger partial charge in [-0.15, -0.1) is 0 Å². The Kier molecular flexibility index (Phi) is 6.87. The molecule has 0 aliphatic carbocycles. The summed E-state index contributed by atoms with van der Waals surface area (Å²) in [6.45, 7) is 2.17. The Morgan fingerprint density at radius 1 is 1.20 bits per heavy atom. The van der Waals surface area contributed by atoms with Crippen LogP contribution in [0.3, 0.4) is 0 Å². The van der Waals surface area contributed by atoms with Gasteiger partial charge in [-0.05, 0) is 12.1 Å². The van der Waals surface area contributed by atoms with E-state index >= 15 is 0 Å². The molecule has 5 heteroatoms. The van der Waals surface area contributed by atoms with Crippen LogP contribution >= 0.6 is 0 Å². The Balaban J connectivity index is 2.64. The Hall–Kier alpha value is -2.32. The molecule has 0 aliphatic rings. The second kappa shape index (κ2) is 8.73. The minimum absolute atomic E-state index is 0.00191. The highest BCUT2D eigenvalue weighted by molar-refractivity contribution is 5.96. The quantitative estimate of drug-likeness (QED) is 0.533. The minimum Gasteiger partial charge on any atom is -0.395 e. The highest BCUT2D eigenvalue weighted by Crippen LogP contribution is 2.07. The van der Waals surface area contributed by atoms with E-state index < -0.39 is 0 Å². The molecule has 106 valence electrons. The Morgan fingerprint density at radius 2 is 1.90 bits per heavy atom. The normalized spacial score (nSPS) is 9.30. The maximum Gasteiger partial charge on any atom is 0.252 e. The molecule has 0 unspecified atom stereocenters. The van der Waals surface area contributed by atoms with Crippen LogP contribution in [0.2, 0.25) is 0 Å². The van der Waals surface area contributed by atoms with Crippen molar-refractivity contribution in [2.75, 3.05) is 19.7 Å². The lowest BCUT2D eigenvalue weighted by Crippen LogP contribution is -2.33. The first-order chi connectivity index (χ1) is 9.65. The first-order valence-electron chi connectivity index (χ1n) is 6.36. The maximum absolute atomic E-state index is 12.0. The minimum atomic E-state index is -0.232. The second-order valence-electron chi connectivity index (χ2n) is 4.06. The van der Waals surface area contributed by atoms with Gasteiger partial charge in [0.15, 0.2) is 0 Å². The van der Waals surface area contributed by atoms with Crippen LogP contribution in [0.25, 0.3) is 0 Å². The summed E-state index contributed by atoms with van der Waals surface area (Å²) in [5.41, 5.74) is 1.11. The SMILES string of the molecule is CC(=O)NCCNC(=O)c1ccccc1C#CCCO. The van der Waals surface area contributed by atoms with Crippen LogP contribution in [0.15, 0.2) is 24.3 Å². The molecule has 0 saturated carbocycles. The zero-order valence-corrected chi connectivity index (χ0v) is 11.4. The Bertz CT molecular complexity index is 529. The van der Waals surface area contributed by atoms with Crippen molar-refractivity contribution in [3.8, 4) is 11.8 Å². The van der Waals surface area contributed by atoms with E-state index in [0.717, 1.165) is 0 Å². The van der Waals surface area contributed by atoms with Gasteiger partial charge in [-0.1, -0.05) is 24.0 Å².